The van der Waals surface area contributed by atoms with Gasteiger partial charge in [0.05, 0.1) is 44.4 Å². The van der Waals surface area contributed by atoms with Crippen LogP contribution in [0, 0.1) is 59.2 Å². The summed E-state index contributed by atoms with van der Waals surface area (Å²) in [5, 5.41) is 37.7. The van der Waals surface area contributed by atoms with Gasteiger partial charge >= 0.3 is 0 Å². The molecule has 0 saturated carbocycles. The monoisotopic (exact) mass is 831 g/mol. The van der Waals surface area contributed by atoms with E-state index in [4.69, 9.17) is 42.1 Å². The number of hydrogen-bond donors (Lipinski definition) is 0. The summed E-state index contributed by atoms with van der Waals surface area (Å²) in [6.07, 6.45) is 1.24. The molecule has 0 atom stereocenters. The molecule has 0 amide bonds. The molecule has 0 aliphatic rings. The minimum absolute atomic E-state index is 0.00405. The van der Waals surface area contributed by atoms with E-state index in [0.29, 0.717) is 40.6 Å². The van der Waals surface area contributed by atoms with E-state index in [1.54, 1.807) is 18.2 Å². The highest BCUT2D eigenvalue weighted by molar-refractivity contribution is 6.32. The van der Waals surface area contributed by atoms with Crippen molar-refractivity contribution < 1.29 is 28.5 Å². The van der Waals surface area contributed by atoms with Crippen molar-refractivity contribution in [3.05, 3.63) is 168 Å². The van der Waals surface area contributed by atoms with E-state index in [1.165, 1.54) is 36.4 Å². The van der Waals surface area contributed by atoms with Crippen molar-refractivity contribution in [2.45, 2.75) is 40.3 Å². The van der Waals surface area contributed by atoms with Gasteiger partial charge in [0.2, 0.25) is 0 Å². The predicted octanol–water partition coefficient (Wildman–Crippen LogP) is 10.1. The number of hydrogen-bond acceptors (Lipinski definition) is 11. The number of ether oxygens (including phenoxy) is 4. The smallest absolute Gasteiger partial charge is 0.153 e. The van der Waals surface area contributed by atoms with Crippen molar-refractivity contribution in [1.29, 1.82) is 21.0 Å². The fourth-order valence-corrected chi connectivity index (χ4v) is 6.79. The molecule has 0 saturated heterocycles. The standard InChI is InChI=1S/C47H31Cl2N5O6/c1-28-34(26-59-46-16-44(36(22-55)14-42(46)48)57-24-32-10-30(18-50)9-31(11-32)19-51)5-3-7-40(28)41-8-4-6-35(29(41)2)27-60-47-17-45(37(23-56)15-43(47)49)58-25-33-12-38(20-52)54-39(13-33)21-53/h3-17,22-23H,24-27H2,1-2H3. The summed E-state index contributed by atoms with van der Waals surface area (Å²) >= 11 is 13.1. The molecule has 294 valence electrons. The number of aldehydes is 2. The molecular weight excluding hydrogens is 801 g/mol. The third-order valence-corrected chi connectivity index (χ3v) is 10.1. The number of nitriles is 4. The minimum Gasteiger partial charge on any atom is -0.488 e. The molecule has 13 heteroatoms. The molecule has 0 N–H and O–H groups in total. The zero-order chi connectivity index (χ0) is 42.8. The van der Waals surface area contributed by atoms with E-state index in [1.807, 2.05) is 74.5 Å². The van der Waals surface area contributed by atoms with Crippen LogP contribution in [0.5, 0.6) is 23.0 Å². The van der Waals surface area contributed by atoms with Crippen molar-refractivity contribution >= 4 is 35.8 Å². The van der Waals surface area contributed by atoms with Gasteiger partial charge in [0, 0.05) is 12.1 Å². The second-order valence-electron chi connectivity index (χ2n) is 13.3. The lowest BCUT2D eigenvalue weighted by molar-refractivity contribution is 0.111. The summed E-state index contributed by atoms with van der Waals surface area (Å²) in [6, 6.07) is 33.4. The van der Waals surface area contributed by atoms with Crippen LogP contribution in [0.3, 0.4) is 0 Å². The number of halogens is 2. The van der Waals surface area contributed by atoms with Crippen molar-refractivity contribution in [3.63, 3.8) is 0 Å². The number of pyridine rings is 1. The van der Waals surface area contributed by atoms with Gasteiger partial charge in [-0.3, -0.25) is 9.59 Å². The first-order valence-corrected chi connectivity index (χ1v) is 18.8. The lowest BCUT2D eigenvalue weighted by Gasteiger charge is -2.18. The second kappa shape index (κ2) is 19.2. The number of carbonyl (C=O) groups excluding carboxylic acids is 2. The van der Waals surface area contributed by atoms with Crippen LogP contribution in [0.2, 0.25) is 10.0 Å². The average molecular weight is 833 g/mol. The van der Waals surface area contributed by atoms with E-state index in [0.717, 1.165) is 33.4 Å². The highest BCUT2D eigenvalue weighted by atomic mass is 35.5. The number of aromatic nitrogens is 1. The van der Waals surface area contributed by atoms with Crippen LogP contribution < -0.4 is 18.9 Å². The second-order valence-corrected chi connectivity index (χ2v) is 14.1. The summed E-state index contributed by atoms with van der Waals surface area (Å²) < 4.78 is 24.3. The van der Waals surface area contributed by atoms with Crippen LogP contribution in [0.1, 0.15) is 76.6 Å². The van der Waals surface area contributed by atoms with Gasteiger partial charge in [-0.15, -0.1) is 0 Å². The molecule has 11 nitrogen and oxygen atoms in total. The molecule has 0 unspecified atom stereocenters. The molecule has 0 radical (unpaired) electrons. The van der Waals surface area contributed by atoms with Crippen LogP contribution >= 0.6 is 23.2 Å². The Morgan fingerprint density at radius 1 is 0.533 bits per heavy atom. The van der Waals surface area contributed by atoms with E-state index in [2.05, 4.69) is 4.98 Å². The zero-order valence-electron chi connectivity index (χ0n) is 32.1. The van der Waals surface area contributed by atoms with Gasteiger partial charge in [-0.05, 0) is 101 Å². The quantitative estimate of drug-likeness (QED) is 0.0899. The third kappa shape index (κ3) is 9.71. The van der Waals surface area contributed by atoms with E-state index >= 15 is 0 Å². The Kier molecular flexibility index (Phi) is 13.4. The van der Waals surface area contributed by atoms with Gasteiger partial charge in [-0.25, -0.2) is 4.98 Å². The maximum atomic E-state index is 11.9. The van der Waals surface area contributed by atoms with Crippen molar-refractivity contribution in [2.75, 3.05) is 0 Å². The third-order valence-electron chi connectivity index (χ3n) is 9.48. The molecule has 1 aromatic heterocycles. The molecule has 60 heavy (non-hydrogen) atoms. The maximum absolute atomic E-state index is 11.9. The van der Waals surface area contributed by atoms with E-state index < -0.39 is 0 Å². The molecular formula is C47H31Cl2N5O6. The van der Waals surface area contributed by atoms with E-state index in [-0.39, 0.29) is 76.2 Å². The average Bonchev–Trinajstić information content (AvgIpc) is 3.27. The first kappa shape index (κ1) is 41.9. The summed E-state index contributed by atoms with van der Waals surface area (Å²) in [4.78, 5) is 27.7. The Labute approximate surface area is 355 Å². The lowest BCUT2D eigenvalue weighted by Crippen LogP contribution is -2.04. The largest absolute Gasteiger partial charge is 0.488 e. The zero-order valence-corrected chi connectivity index (χ0v) is 33.6. The first-order chi connectivity index (χ1) is 29.1. The van der Waals surface area contributed by atoms with Gasteiger partial charge in [0.1, 0.15) is 73.0 Å². The van der Waals surface area contributed by atoms with E-state index in [9.17, 15) is 30.6 Å². The SMILES string of the molecule is Cc1c(COc2cc(OCc3cc(C#N)cc(C#N)c3)c(C=O)cc2Cl)cccc1-c1cccc(COc2cc(OCc3cc(C#N)nc(C#N)c3)c(C=O)cc2Cl)c1C. The summed E-state index contributed by atoms with van der Waals surface area (Å²) in [5.41, 5.74) is 7.93. The van der Waals surface area contributed by atoms with Crippen LogP contribution in [-0.2, 0) is 26.4 Å². The summed E-state index contributed by atoms with van der Waals surface area (Å²) in [6.45, 7) is 4.24. The number of carbonyl (C=O) groups is 2. The van der Waals surface area contributed by atoms with Gasteiger partial charge in [0.15, 0.2) is 12.6 Å². The Morgan fingerprint density at radius 2 is 0.950 bits per heavy atom. The number of benzene rings is 5. The summed E-state index contributed by atoms with van der Waals surface area (Å²) in [5.74, 6) is 1.02. The lowest BCUT2D eigenvalue weighted by atomic mass is 9.92. The maximum Gasteiger partial charge on any atom is 0.153 e. The first-order valence-electron chi connectivity index (χ1n) is 18.1. The van der Waals surface area contributed by atoms with Gasteiger partial charge in [0.25, 0.3) is 0 Å². The molecule has 0 aliphatic carbocycles. The van der Waals surface area contributed by atoms with Gasteiger partial charge in [-0.1, -0.05) is 59.6 Å². The fraction of sp³-hybridized carbons (Fsp3) is 0.128. The predicted molar refractivity (Wildman–Crippen MR) is 222 cm³/mol. The van der Waals surface area contributed by atoms with Crippen molar-refractivity contribution in [1.82, 2.24) is 4.98 Å². The van der Waals surface area contributed by atoms with Crippen LogP contribution in [-0.4, -0.2) is 17.6 Å². The van der Waals surface area contributed by atoms with Crippen LogP contribution in [0.4, 0.5) is 0 Å². The fourth-order valence-electron chi connectivity index (χ4n) is 6.34. The van der Waals surface area contributed by atoms with Crippen LogP contribution in [0.15, 0.2) is 91.0 Å². The molecule has 5 aromatic carbocycles. The Bertz CT molecular complexity index is 2580. The minimum atomic E-state index is -0.0423. The van der Waals surface area contributed by atoms with Crippen molar-refractivity contribution in [3.8, 4) is 58.4 Å². The normalized spacial score (nSPS) is 10.3. The number of nitrogens with zero attached hydrogens (tertiary/aromatic N) is 5. The van der Waals surface area contributed by atoms with Gasteiger partial charge in [-0.2, -0.15) is 21.0 Å². The Balaban J connectivity index is 1.17. The molecule has 6 aromatic rings. The molecule has 0 aliphatic heterocycles. The van der Waals surface area contributed by atoms with Gasteiger partial charge < -0.3 is 18.9 Å². The number of rotatable bonds is 15. The highest BCUT2D eigenvalue weighted by Gasteiger charge is 2.17. The highest BCUT2D eigenvalue weighted by Crippen LogP contribution is 2.37. The molecule has 0 spiro atoms. The molecule has 0 bridgehead atoms. The topological polar surface area (TPSA) is 179 Å². The van der Waals surface area contributed by atoms with Crippen molar-refractivity contribution in [2.24, 2.45) is 0 Å². The summed E-state index contributed by atoms with van der Waals surface area (Å²) in [7, 11) is 0. The molecule has 6 rings (SSSR count). The molecule has 1 heterocycles. The molecule has 0 fully saturated rings. The Morgan fingerprint density at radius 3 is 1.35 bits per heavy atom. The van der Waals surface area contributed by atoms with Crippen LogP contribution in [0.25, 0.3) is 11.1 Å². The Hall–Kier alpha value is -7.67.